The highest BCUT2D eigenvalue weighted by molar-refractivity contribution is 8.02. The van der Waals surface area contributed by atoms with Crippen LogP contribution in [0.15, 0.2) is 34.7 Å². The average Bonchev–Trinajstić information content (AvgIpc) is 3.01. The Labute approximate surface area is 162 Å². The highest BCUT2D eigenvalue weighted by Crippen LogP contribution is 2.30. The Bertz CT molecular complexity index is 771. The number of thioether (sulfide) groups is 1. The number of likely N-dealkylation sites (tertiary alicyclic amines) is 1. The first kappa shape index (κ1) is 18.6. The van der Waals surface area contributed by atoms with E-state index in [1.54, 1.807) is 4.68 Å². The largest absolute Gasteiger partial charge is 0.339 e. The molecule has 0 radical (unpaired) electrons. The number of carbonyl (C=O) groups is 1. The van der Waals surface area contributed by atoms with Gasteiger partial charge in [0, 0.05) is 12.6 Å². The topological polar surface area (TPSA) is 38.1 Å². The van der Waals surface area contributed by atoms with Crippen molar-refractivity contribution in [1.29, 1.82) is 0 Å². The molecular weight excluding hydrogens is 370 g/mol. The lowest BCUT2D eigenvalue weighted by molar-refractivity contribution is -0.134. The van der Waals surface area contributed by atoms with E-state index in [0.717, 1.165) is 35.8 Å². The predicted molar refractivity (Wildman–Crippen MR) is 107 cm³/mol. The fourth-order valence-corrected chi connectivity index (χ4v) is 5.77. The lowest BCUT2D eigenvalue weighted by Gasteiger charge is -2.36. The smallest absolute Gasteiger partial charge is 0.236 e. The molecule has 3 rings (SSSR count). The van der Waals surface area contributed by atoms with Gasteiger partial charge in [-0.3, -0.25) is 4.79 Å². The number of carbonyl (C=O) groups excluding carboxylic acids is 1. The van der Waals surface area contributed by atoms with Gasteiger partial charge in [0.2, 0.25) is 5.91 Å². The maximum Gasteiger partial charge on any atom is 0.236 e. The van der Waals surface area contributed by atoms with E-state index in [1.807, 2.05) is 37.3 Å². The van der Waals surface area contributed by atoms with Gasteiger partial charge in [-0.15, -0.1) is 5.10 Å². The summed E-state index contributed by atoms with van der Waals surface area (Å²) in [5, 5.41) is 4.47. The monoisotopic (exact) mass is 393 g/mol. The van der Waals surface area contributed by atoms with Gasteiger partial charge >= 0.3 is 0 Å². The SMILES string of the molecule is CCC1CCCCN1C(=O)C(C)Sc1nn(-c2ccccc2)c(=S)s1. The summed E-state index contributed by atoms with van der Waals surface area (Å²) >= 11 is 8.43. The zero-order chi connectivity index (χ0) is 17.8. The van der Waals surface area contributed by atoms with Gasteiger partial charge in [-0.1, -0.05) is 48.2 Å². The molecule has 0 N–H and O–H groups in total. The number of benzene rings is 1. The van der Waals surface area contributed by atoms with E-state index < -0.39 is 0 Å². The Morgan fingerprint density at radius 3 is 2.88 bits per heavy atom. The second-order valence-electron chi connectivity index (χ2n) is 6.23. The molecule has 2 aromatic rings. The Hall–Kier alpha value is -1.18. The second-order valence-corrected chi connectivity index (χ2v) is 9.44. The maximum atomic E-state index is 12.9. The molecule has 134 valence electrons. The van der Waals surface area contributed by atoms with Crippen molar-refractivity contribution in [3.8, 4) is 5.69 Å². The molecule has 1 aromatic heterocycles. The molecule has 25 heavy (non-hydrogen) atoms. The molecule has 0 aliphatic carbocycles. The normalized spacial score (nSPS) is 19.0. The molecule has 2 unspecified atom stereocenters. The van der Waals surface area contributed by atoms with Crippen LogP contribution < -0.4 is 0 Å². The number of piperidine rings is 1. The number of hydrogen-bond acceptors (Lipinski definition) is 5. The van der Waals surface area contributed by atoms with E-state index in [9.17, 15) is 4.79 Å². The molecular formula is C18H23N3OS3. The van der Waals surface area contributed by atoms with Crippen LogP contribution in [0.2, 0.25) is 0 Å². The van der Waals surface area contributed by atoms with Crippen LogP contribution in [0.25, 0.3) is 5.69 Å². The van der Waals surface area contributed by atoms with E-state index in [0.29, 0.717) is 10.00 Å². The minimum atomic E-state index is -0.142. The van der Waals surface area contributed by atoms with Gasteiger partial charge in [-0.2, -0.15) is 0 Å². The molecule has 1 amide bonds. The van der Waals surface area contributed by atoms with E-state index in [-0.39, 0.29) is 11.2 Å². The van der Waals surface area contributed by atoms with Crippen molar-refractivity contribution < 1.29 is 4.79 Å². The molecule has 2 heterocycles. The van der Waals surface area contributed by atoms with Gasteiger partial charge in [-0.05, 0) is 57.0 Å². The standard InChI is InChI=1S/C18H23N3OS3/c1-3-14-9-7-8-12-20(14)16(22)13(2)24-17-19-21(18(23)25-17)15-10-5-4-6-11-15/h4-6,10-11,13-14H,3,7-9,12H2,1-2H3. The Morgan fingerprint density at radius 2 is 2.16 bits per heavy atom. The van der Waals surface area contributed by atoms with Gasteiger partial charge < -0.3 is 4.90 Å². The lowest BCUT2D eigenvalue weighted by atomic mass is 10.00. The van der Waals surface area contributed by atoms with Crippen LogP contribution in [-0.2, 0) is 4.79 Å². The van der Waals surface area contributed by atoms with Gasteiger partial charge in [-0.25, -0.2) is 4.68 Å². The van der Waals surface area contributed by atoms with Crippen LogP contribution in [0.4, 0.5) is 0 Å². The summed E-state index contributed by atoms with van der Waals surface area (Å²) < 4.78 is 3.33. The number of amides is 1. The van der Waals surface area contributed by atoms with Crippen molar-refractivity contribution in [3.63, 3.8) is 0 Å². The molecule has 0 spiro atoms. The molecule has 1 saturated heterocycles. The van der Waals surface area contributed by atoms with Crippen molar-refractivity contribution in [1.82, 2.24) is 14.7 Å². The molecule has 1 fully saturated rings. The van der Waals surface area contributed by atoms with Crippen LogP contribution >= 0.6 is 35.3 Å². The van der Waals surface area contributed by atoms with Crippen LogP contribution in [0.5, 0.6) is 0 Å². The highest BCUT2D eigenvalue weighted by Gasteiger charge is 2.29. The van der Waals surface area contributed by atoms with Gasteiger partial charge in [0.15, 0.2) is 8.29 Å². The Kier molecular flexibility index (Phi) is 6.30. The van der Waals surface area contributed by atoms with Gasteiger partial charge in [0.05, 0.1) is 10.9 Å². The van der Waals surface area contributed by atoms with Crippen molar-refractivity contribution >= 4 is 41.2 Å². The predicted octanol–water partition coefficient (Wildman–Crippen LogP) is 4.93. The summed E-state index contributed by atoms with van der Waals surface area (Å²) in [6.07, 6.45) is 4.50. The minimum absolute atomic E-state index is 0.142. The summed E-state index contributed by atoms with van der Waals surface area (Å²) in [6.45, 7) is 5.03. The van der Waals surface area contributed by atoms with E-state index >= 15 is 0 Å². The fourth-order valence-electron chi connectivity index (χ4n) is 3.19. The van der Waals surface area contributed by atoms with Crippen molar-refractivity contribution in [2.24, 2.45) is 0 Å². The van der Waals surface area contributed by atoms with Crippen LogP contribution in [0, 0.1) is 3.95 Å². The second kappa shape index (κ2) is 8.47. The van der Waals surface area contributed by atoms with Crippen LogP contribution in [0.3, 0.4) is 0 Å². The summed E-state index contributed by atoms with van der Waals surface area (Å²) in [4.78, 5) is 15.0. The molecule has 1 aromatic carbocycles. The number of hydrogen-bond donors (Lipinski definition) is 0. The highest BCUT2D eigenvalue weighted by atomic mass is 32.2. The third kappa shape index (κ3) is 4.33. The maximum absolute atomic E-state index is 12.9. The number of aromatic nitrogens is 2. The quantitative estimate of drug-likeness (QED) is 0.533. The molecule has 1 aliphatic rings. The minimum Gasteiger partial charge on any atom is -0.339 e. The zero-order valence-corrected chi connectivity index (χ0v) is 17.0. The molecule has 0 saturated carbocycles. The first-order chi connectivity index (χ1) is 12.1. The summed E-state index contributed by atoms with van der Waals surface area (Å²) in [5.41, 5.74) is 0.955. The number of nitrogens with zero attached hydrogens (tertiary/aromatic N) is 3. The van der Waals surface area contributed by atoms with Crippen LogP contribution in [-0.4, -0.2) is 38.4 Å². The zero-order valence-electron chi connectivity index (χ0n) is 14.6. The fraction of sp³-hybridized carbons (Fsp3) is 0.500. The molecule has 0 bridgehead atoms. The van der Waals surface area contributed by atoms with Crippen molar-refractivity contribution in [2.45, 2.75) is 55.2 Å². The van der Waals surface area contributed by atoms with E-state index in [2.05, 4.69) is 16.9 Å². The van der Waals surface area contributed by atoms with Crippen molar-refractivity contribution in [3.05, 3.63) is 34.3 Å². The van der Waals surface area contributed by atoms with E-state index in [4.69, 9.17) is 12.2 Å². The number of para-hydroxylation sites is 1. The first-order valence-corrected chi connectivity index (χ1v) is 10.8. The molecule has 2 atom stereocenters. The van der Waals surface area contributed by atoms with Crippen molar-refractivity contribution in [2.75, 3.05) is 6.54 Å². The molecule has 1 aliphatic heterocycles. The molecule has 7 heteroatoms. The first-order valence-electron chi connectivity index (χ1n) is 8.73. The van der Waals surface area contributed by atoms with E-state index in [1.165, 1.54) is 29.5 Å². The summed E-state index contributed by atoms with van der Waals surface area (Å²) in [5.74, 6) is 0.226. The summed E-state index contributed by atoms with van der Waals surface area (Å²) in [7, 11) is 0. The molecule has 4 nitrogen and oxygen atoms in total. The average molecular weight is 394 g/mol. The lowest BCUT2D eigenvalue weighted by Crippen LogP contribution is -2.46. The van der Waals surface area contributed by atoms with Crippen LogP contribution in [0.1, 0.15) is 39.5 Å². The Balaban J connectivity index is 1.72. The summed E-state index contributed by atoms with van der Waals surface area (Å²) in [6, 6.07) is 10.3. The third-order valence-electron chi connectivity index (χ3n) is 4.54. The Morgan fingerprint density at radius 1 is 1.40 bits per heavy atom. The van der Waals surface area contributed by atoms with Gasteiger partial charge in [0.25, 0.3) is 0 Å². The third-order valence-corrected chi connectivity index (χ3v) is 6.94. The number of rotatable bonds is 5. The van der Waals surface area contributed by atoms with Gasteiger partial charge in [0.1, 0.15) is 0 Å².